The van der Waals surface area contributed by atoms with E-state index in [4.69, 9.17) is 4.74 Å². The third-order valence-corrected chi connectivity index (χ3v) is 12.2. The molecule has 3 aliphatic carbocycles. The van der Waals surface area contributed by atoms with E-state index in [2.05, 4.69) is 182 Å². The van der Waals surface area contributed by atoms with E-state index in [1.807, 2.05) is 0 Å². The normalized spacial score (nSPS) is 15.1. The molecule has 236 valence electrons. The van der Waals surface area contributed by atoms with E-state index in [1.54, 1.807) is 0 Å². The van der Waals surface area contributed by atoms with E-state index >= 15 is 0 Å². The van der Waals surface area contributed by atoms with Crippen molar-refractivity contribution in [3.63, 3.8) is 0 Å². The van der Waals surface area contributed by atoms with Gasteiger partial charge in [0.15, 0.2) is 0 Å². The Balaban J connectivity index is 1.14. The van der Waals surface area contributed by atoms with Crippen LogP contribution in [0.4, 0.5) is 0 Å². The third-order valence-electron chi connectivity index (χ3n) is 12.2. The lowest BCUT2D eigenvalue weighted by atomic mass is 9.66. The van der Waals surface area contributed by atoms with Crippen molar-refractivity contribution in [1.82, 2.24) is 0 Å². The second-order valence-corrected chi connectivity index (χ2v) is 14.3. The molecule has 8 aromatic rings. The Morgan fingerprint density at radius 1 is 0.255 bits per heavy atom. The summed E-state index contributed by atoms with van der Waals surface area (Å²) in [6, 6.07) is 67.7. The van der Waals surface area contributed by atoms with Crippen LogP contribution in [-0.4, -0.2) is 0 Å². The summed E-state index contributed by atoms with van der Waals surface area (Å²) in [4.78, 5) is 0. The molecule has 0 atom stereocenters. The molecule has 1 nitrogen and oxygen atoms in total. The molecule has 0 amide bonds. The van der Waals surface area contributed by atoms with Gasteiger partial charge in [-0.2, -0.15) is 0 Å². The minimum absolute atomic E-state index is 0.373. The highest BCUT2D eigenvalue weighted by atomic mass is 16.5. The first-order valence-electron chi connectivity index (χ1n) is 17.8. The van der Waals surface area contributed by atoms with Gasteiger partial charge in [-0.05, 0) is 102 Å². The largest absolute Gasteiger partial charge is 0.457 e. The maximum Gasteiger partial charge on any atom is 0.132 e. The van der Waals surface area contributed by atoms with Gasteiger partial charge in [0.25, 0.3) is 0 Å². The second-order valence-electron chi connectivity index (χ2n) is 14.3. The van der Waals surface area contributed by atoms with E-state index in [1.165, 1.54) is 89.0 Å². The average molecular weight is 647 g/mol. The van der Waals surface area contributed by atoms with Crippen molar-refractivity contribution in [2.45, 2.75) is 10.8 Å². The maximum atomic E-state index is 6.60. The zero-order valence-electron chi connectivity index (χ0n) is 27.7. The number of hydrogen-bond acceptors (Lipinski definition) is 1. The monoisotopic (exact) mass is 646 g/mol. The summed E-state index contributed by atoms with van der Waals surface area (Å²) in [5, 5.41) is 0. The van der Waals surface area contributed by atoms with Gasteiger partial charge in [0.05, 0.1) is 10.8 Å². The fraction of sp³-hybridized carbons (Fsp3) is 0.0400. The second kappa shape index (κ2) is 9.62. The van der Waals surface area contributed by atoms with Crippen LogP contribution < -0.4 is 4.74 Å². The van der Waals surface area contributed by atoms with Crippen molar-refractivity contribution in [2.75, 3.05) is 0 Å². The van der Waals surface area contributed by atoms with Gasteiger partial charge in [0.1, 0.15) is 11.5 Å². The zero-order valence-corrected chi connectivity index (χ0v) is 27.7. The molecule has 0 fully saturated rings. The first-order valence-corrected chi connectivity index (χ1v) is 17.8. The highest BCUT2D eigenvalue weighted by molar-refractivity contribution is 5.96. The van der Waals surface area contributed by atoms with Gasteiger partial charge >= 0.3 is 0 Å². The summed E-state index contributed by atoms with van der Waals surface area (Å²) in [6.45, 7) is 0. The predicted octanol–water partition coefficient (Wildman–Crippen LogP) is 12.2. The Kier molecular flexibility index (Phi) is 5.17. The Morgan fingerprint density at radius 2 is 0.549 bits per heavy atom. The molecule has 0 saturated heterocycles. The average Bonchev–Trinajstić information content (AvgIpc) is 3.78. The molecular weight excluding hydrogens is 617 g/mol. The first-order chi connectivity index (χ1) is 25.3. The molecule has 2 spiro atoms. The van der Waals surface area contributed by atoms with Gasteiger partial charge in [-0.3, -0.25) is 0 Å². The number of para-hydroxylation sites is 2. The number of ether oxygens (including phenoxy) is 1. The molecule has 51 heavy (non-hydrogen) atoms. The fourth-order valence-electron chi connectivity index (χ4n) is 10.3. The SMILES string of the molecule is c1ccc2c(c1)Oc1ccccc1C21c2ccccc2-c2ccc(-c3ccc4c(c3)C3(c5ccccc5-c5ccccc53)c3ccccc3-4)cc21. The molecule has 0 bridgehead atoms. The van der Waals surface area contributed by atoms with Crippen LogP contribution in [0.2, 0.25) is 0 Å². The molecule has 1 heteroatoms. The molecule has 1 heterocycles. The summed E-state index contributed by atoms with van der Waals surface area (Å²) in [6.07, 6.45) is 0. The first kappa shape index (κ1) is 27.4. The van der Waals surface area contributed by atoms with Gasteiger partial charge < -0.3 is 4.74 Å². The zero-order chi connectivity index (χ0) is 33.3. The summed E-state index contributed by atoms with van der Waals surface area (Å²) in [7, 11) is 0. The summed E-state index contributed by atoms with van der Waals surface area (Å²) < 4.78 is 6.60. The van der Waals surface area contributed by atoms with Crippen molar-refractivity contribution in [3.05, 3.63) is 226 Å². The van der Waals surface area contributed by atoms with Crippen molar-refractivity contribution in [2.24, 2.45) is 0 Å². The van der Waals surface area contributed by atoms with Gasteiger partial charge in [0.2, 0.25) is 0 Å². The summed E-state index contributed by atoms with van der Waals surface area (Å²) in [5.41, 5.74) is 19.9. The van der Waals surface area contributed by atoms with Crippen LogP contribution in [0, 0.1) is 0 Å². The lowest BCUT2D eigenvalue weighted by Gasteiger charge is -2.39. The minimum Gasteiger partial charge on any atom is -0.457 e. The van der Waals surface area contributed by atoms with Gasteiger partial charge in [0, 0.05) is 11.1 Å². The Morgan fingerprint density at radius 3 is 0.941 bits per heavy atom. The minimum atomic E-state index is -0.495. The lowest BCUT2D eigenvalue weighted by Crippen LogP contribution is -2.32. The fourth-order valence-corrected chi connectivity index (χ4v) is 10.3. The smallest absolute Gasteiger partial charge is 0.132 e. The van der Waals surface area contributed by atoms with Crippen LogP contribution in [0.25, 0.3) is 44.5 Å². The molecule has 0 aromatic heterocycles. The van der Waals surface area contributed by atoms with Gasteiger partial charge in [-0.1, -0.05) is 158 Å². The number of fused-ring (bicyclic) bond motifs is 19. The van der Waals surface area contributed by atoms with Gasteiger partial charge in [-0.25, -0.2) is 0 Å². The topological polar surface area (TPSA) is 9.23 Å². The summed E-state index contributed by atoms with van der Waals surface area (Å²) in [5.74, 6) is 1.83. The van der Waals surface area contributed by atoms with Crippen molar-refractivity contribution in [1.29, 1.82) is 0 Å². The van der Waals surface area contributed by atoms with Crippen LogP contribution >= 0.6 is 0 Å². The van der Waals surface area contributed by atoms with Crippen molar-refractivity contribution >= 4 is 0 Å². The Bertz CT molecular complexity index is 2690. The highest BCUT2D eigenvalue weighted by Gasteiger charge is 2.53. The lowest BCUT2D eigenvalue weighted by molar-refractivity contribution is 0.436. The van der Waals surface area contributed by atoms with Crippen LogP contribution in [0.1, 0.15) is 44.5 Å². The number of rotatable bonds is 1. The van der Waals surface area contributed by atoms with E-state index in [-0.39, 0.29) is 5.41 Å². The van der Waals surface area contributed by atoms with Crippen molar-refractivity contribution in [3.8, 4) is 56.0 Å². The van der Waals surface area contributed by atoms with E-state index in [9.17, 15) is 0 Å². The number of hydrogen-bond donors (Lipinski definition) is 0. The molecule has 4 aliphatic rings. The molecule has 12 rings (SSSR count). The molecule has 0 N–H and O–H groups in total. The highest BCUT2D eigenvalue weighted by Crippen LogP contribution is 2.64. The standard InChI is InChI=1S/C50H30O/c1-5-17-39-33(13-1)34-14-2-6-18-40(34)49(39)41-19-7-3-15-35(41)37-27-25-31(29-45(37)49)32-26-28-38-36-16-4-8-20-42(36)50(46(38)30-32)43-21-9-11-23-47(43)51-48-24-12-10-22-44(48)50/h1-30H. The third kappa shape index (κ3) is 3.19. The molecule has 0 unspecified atom stereocenters. The Labute approximate surface area is 297 Å². The Hall–Kier alpha value is -6.44. The molecule has 0 radical (unpaired) electrons. The molecule has 1 aliphatic heterocycles. The van der Waals surface area contributed by atoms with Crippen LogP contribution in [-0.2, 0) is 10.8 Å². The molecular formula is C50H30O. The van der Waals surface area contributed by atoms with E-state index in [0.717, 1.165) is 11.5 Å². The van der Waals surface area contributed by atoms with E-state index in [0.29, 0.717) is 0 Å². The molecule has 0 saturated carbocycles. The van der Waals surface area contributed by atoms with E-state index < -0.39 is 5.41 Å². The predicted molar refractivity (Wildman–Crippen MR) is 206 cm³/mol. The van der Waals surface area contributed by atoms with Crippen LogP contribution in [0.3, 0.4) is 0 Å². The number of benzene rings is 8. The quantitative estimate of drug-likeness (QED) is 0.172. The van der Waals surface area contributed by atoms with Crippen molar-refractivity contribution < 1.29 is 4.74 Å². The van der Waals surface area contributed by atoms with Gasteiger partial charge in [-0.15, -0.1) is 0 Å². The summed E-state index contributed by atoms with van der Waals surface area (Å²) >= 11 is 0. The van der Waals surface area contributed by atoms with Crippen LogP contribution in [0.5, 0.6) is 11.5 Å². The molecule has 8 aromatic carbocycles. The maximum absolute atomic E-state index is 6.60. The van der Waals surface area contributed by atoms with Crippen LogP contribution in [0.15, 0.2) is 182 Å².